The summed E-state index contributed by atoms with van der Waals surface area (Å²) in [4.78, 5) is 0. The van der Waals surface area contributed by atoms with Crippen molar-refractivity contribution in [3.63, 3.8) is 0 Å². The lowest BCUT2D eigenvalue weighted by Gasteiger charge is -2.01. The molecule has 1 aromatic carbocycles. The molecule has 72 valence electrons. The molecule has 2 N–H and O–H groups in total. The molecule has 0 saturated carbocycles. The van der Waals surface area contributed by atoms with Crippen molar-refractivity contribution in [2.45, 2.75) is 6.61 Å². The lowest BCUT2D eigenvalue weighted by atomic mass is 10.2. The molecule has 0 spiro atoms. The van der Waals surface area contributed by atoms with Crippen LogP contribution in [0.1, 0.15) is 5.56 Å². The minimum atomic E-state index is -4.01. The van der Waals surface area contributed by atoms with Crippen molar-refractivity contribution >= 4 is 10.3 Å². The van der Waals surface area contributed by atoms with Gasteiger partial charge in [0.2, 0.25) is 0 Å². The maximum absolute atomic E-state index is 12.8. The molecule has 0 unspecified atom stereocenters. The summed E-state index contributed by atoms with van der Waals surface area (Å²) in [5.41, 5.74) is 0.150. The van der Waals surface area contributed by atoms with Crippen molar-refractivity contribution in [2.24, 2.45) is 5.14 Å². The lowest BCUT2D eigenvalue weighted by Crippen LogP contribution is -2.15. The van der Waals surface area contributed by atoms with Gasteiger partial charge in [0.05, 0.1) is 6.61 Å². The first kappa shape index (κ1) is 10.1. The standard InChI is InChI=1S/C7H8FNO3S/c8-7-4-2-1-3-6(7)5-12-13(9,10)11/h1-4H,5H2,(H2,9,10,11). The molecule has 0 aliphatic carbocycles. The third-order valence-electron chi connectivity index (χ3n) is 1.34. The highest BCUT2D eigenvalue weighted by Gasteiger charge is 2.05. The van der Waals surface area contributed by atoms with E-state index in [1.165, 1.54) is 18.2 Å². The second kappa shape index (κ2) is 3.82. The smallest absolute Gasteiger partial charge is 0.253 e. The summed E-state index contributed by atoms with van der Waals surface area (Å²) in [5, 5.41) is 4.56. The van der Waals surface area contributed by atoms with Crippen LogP contribution in [0.5, 0.6) is 0 Å². The zero-order valence-corrected chi connectivity index (χ0v) is 7.42. The predicted octanol–water partition coefficient (Wildman–Crippen LogP) is 0.546. The van der Waals surface area contributed by atoms with Crippen molar-refractivity contribution in [3.05, 3.63) is 35.6 Å². The largest absolute Gasteiger partial charge is 0.333 e. The number of hydrogen-bond acceptors (Lipinski definition) is 3. The Hall–Kier alpha value is -0.980. The number of hydrogen-bond donors (Lipinski definition) is 1. The van der Waals surface area contributed by atoms with Crippen LogP contribution in [0, 0.1) is 5.82 Å². The first-order valence-electron chi connectivity index (χ1n) is 3.39. The Kier molecular flexibility index (Phi) is 2.97. The zero-order chi connectivity index (χ0) is 9.90. The number of benzene rings is 1. The van der Waals surface area contributed by atoms with E-state index in [9.17, 15) is 12.8 Å². The molecule has 0 radical (unpaired) electrons. The minimum absolute atomic E-state index is 0.150. The van der Waals surface area contributed by atoms with Crippen LogP contribution in [0.4, 0.5) is 4.39 Å². The molecule has 0 aliphatic heterocycles. The minimum Gasteiger partial charge on any atom is -0.253 e. The molecule has 1 aromatic rings. The Morgan fingerprint density at radius 2 is 2.00 bits per heavy atom. The van der Waals surface area contributed by atoms with Gasteiger partial charge in [-0.1, -0.05) is 18.2 Å². The van der Waals surface area contributed by atoms with Gasteiger partial charge in [-0.2, -0.15) is 8.42 Å². The fourth-order valence-corrected chi connectivity index (χ4v) is 1.05. The summed E-state index contributed by atoms with van der Waals surface area (Å²) < 4.78 is 37.8. The molecule has 0 aliphatic rings. The monoisotopic (exact) mass is 205 g/mol. The Morgan fingerprint density at radius 1 is 1.38 bits per heavy atom. The zero-order valence-electron chi connectivity index (χ0n) is 6.60. The van der Waals surface area contributed by atoms with E-state index in [1.54, 1.807) is 6.07 Å². The van der Waals surface area contributed by atoms with E-state index in [1.807, 2.05) is 0 Å². The highest BCUT2D eigenvalue weighted by Crippen LogP contribution is 2.07. The maximum Gasteiger partial charge on any atom is 0.333 e. The Bertz CT molecular complexity index is 390. The number of nitrogens with two attached hydrogens (primary N) is 1. The molecule has 0 bridgehead atoms. The molecule has 13 heavy (non-hydrogen) atoms. The quantitative estimate of drug-likeness (QED) is 0.783. The Balaban J connectivity index is 2.71. The van der Waals surface area contributed by atoms with Gasteiger partial charge in [-0.3, -0.25) is 4.18 Å². The molecule has 0 amide bonds. The van der Waals surface area contributed by atoms with Crippen LogP contribution in [-0.2, 0) is 21.1 Å². The van der Waals surface area contributed by atoms with E-state index in [0.717, 1.165) is 0 Å². The van der Waals surface area contributed by atoms with Crippen LogP contribution in [-0.4, -0.2) is 8.42 Å². The van der Waals surface area contributed by atoms with Crippen LogP contribution in [0.3, 0.4) is 0 Å². The summed E-state index contributed by atoms with van der Waals surface area (Å²) in [6, 6.07) is 5.70. The molecular weight excluding hydrogens is 197 g/mol. The van der Waals surface area contributed by atoms with Crippen molar-refractivity contribution in [1.29, 1.82) is 0 Å². The normalized spacial score (nSPS) is 11.5. The highest BCUT2D eigenvalue weighted by molar-refractivity contribution is 7.84. The summed E-state index contributed by atoms with van der Waals surface area (Å²) in [6.45, 7) is -0.383. The summed E-state index contributed by atoms with van der Waals surface area (Å²) in [5.74, 6) is -0.522. The number of halogens is 1. The van der Waals surface area contributed by atoms with Crippen LogP contribution >= 0.6 is 0 Å². The van der Waals surface area contributed by atoms with Gasteiger partial charge in [0.15, 0.2) is 0 Å². The average molecular weight is 205 g/mol. The first-order chi connectivity index (χ1) is 5.99. The second-order valence-corrected chi connectivity index (χ2v) is 3.57. The SMILES string of the molecule is NS(=O)(=O)OCc1ccccc1F. The van der Waals surface area contributed by atoms with Gasteiger partial charge in [0, 0.05) is 5.56 Å². The molecule has 0 saturated heterocycles. The van der Waals surface area contributed by atoms with E-state index in [0.29, 0.717) is 0 Å². The van der Waals surface area contributed by atoms with Gasteiger partial charge in [0.1, 0.15) is 5.82 Å². The molecule has 0 aromatic heterocycles. The summed E-state index contributed by atoms with van der Waals surface area (Å²) in [6.07, 6.45) is 0. The average Bonchev–Trinajstić information content (AvgIpc) is 2.01. The van der Waals surface area contributed by atoms with Gasteiger partial charge in [-0.25, -0.2) is 9.53 Å². The van der Waals surface area contributed by atoms with Crippen LogP contribution < -0.4 is 5.14 Å². The first-order valence-corrected chi connectivity index (χ1v) is 4.87. The fourth-order valence-electron chi connectivity index (χ4n) is 0.761. The summed E-state index contributed by atoms with van der Waals surface area (Å²) >= 11 is 0. The van der Waals surface area contributed by atoms with Crippen molar-refractivity contribution in [3.8, 4) is 0 Å². The van der Waals surface area contributed by atoms with Gasteiger partial charge >= 0.3 is 10.3 Å². The van der Waals surface area contributed by atoms with Gasteiger partial charge in [-0.15, -0.1) is 0 Å². The molecular formula is C7H8FNO3S. The molecule has 6 heteroatoms. The predicted molar refractivity (Wildman–Crippen MR) is 44.3 cm³/mol. The van der Waals surface area contributed by atoms with Crippen LogP contribution in [0.25, 0.3) is 0 Å². The van der Waals surface area contributed by atoms with Gasteiger partial charge < -0.3 is 0 Å². The maximum atomic E-state index is 12.8. The van der Waals surface area contributed by atoms with Gasteiger partial charge in [-0.05, 0) is 6.07 Å². The van der Waals surface area contributed by atoms with E-state index < -0.39 is 16.1 Å². The number of rotatable bonds is 3. The Labute approximate surface area is 75.4 Å². The van der Waals surface area contributed by atoms with E-state index in [-0.39, 0.29) is 12.2 Å². The van der Waals surface area contributed by atoms with Crippen molar-refractivity contribution < 1.29 is 17.0 Å². The van der Waals surface area contributed by atoms with E-state index in [4.69, 9.17) is 0 Å². The van der Waals surface area contributed by atoms with E-state index in [2.05, 4.69) is 9.32 Å². The third kappa shape index (κ3) is 3.49. The van der Waals surface area contributed by atoms with E-state index >= 15 is 0 Å². The fraction of sp³-hybridized carbons (Fsp3) is 0.143. The van der Waals surface area contributed by atoms with Crippen molar-refractivity contribution in [1.82, 2.24) is 0 Å². The van der Waals surface area contributed by atoms with Crippen LogP contribution in [0.2, 0.25) is 0 Å². The molecule has 0 fully saturated rings. The van der Waals surface area contributed by atoms with Crippen LogP contribution in [0.15, 0.2) is 24.3 Å². The molecule has 4 nitrogen and oxygen atoms in total. The second-order valence-electron chi connectivity index (χ2n) is 2.35. The lowest BCUT2D eigenvalue weighted by molar-refractivity contribution is 0.303. The molecule has 0 heterocycles. The molecule has 0 atom stereocenters. The topological polar surface area (TPSA) is 69.4 Å². The Morgan fingerprint density at radius 3 is 2.54 bits per heavy atom. The third-order valence-corrected chi connectivity index (χ3v) is 1.78. The highest BCUT2D eigenvalue weighted by atomic mass is 32.2. The van der Waals surface area contributed by atoms with Crippen molar-refractivity contribution in [2.75, 3.05) is 0 Å². The summed E-state index contributed by atoms with van der Waals surface area (Å²) in [7, 11) is -4.01. The van der Waals surface area contributed by atoms with Gasteiger partial charge in [0.25, 0.3) is 0 Å². The molecule has 1 rings (SSSR count).